The third kappa shape index (κ3) is 4.32. The predicted octanol–water partition coefficient (Wildman–Crippen LogP) is 3.08. The number of rotatable bonds is 7. The Balaban J connectivity index is 1.41. The number of hydrogen-bond donors (Lipinski definition) is 0. The standard InChI is InChI=1S/C20H19ClN4O4/c1-24-10-4-7-16(24)20(27)28-12-18(26)25(13-8-9-13)11-17-22-23-19(29-17)14-5-2-3-6-15(14)21/h2-7,10,13H,8-9,11-12H2,1H3. The molecule has 1 saturated carbocycles. The van der Waals surface area contributed by atoms with Crippen molar-refractivity contribution < 1.29 is 18.7 Å². The van der Waals surface area contributed by atoms with E-state index in [1.54, 1.807) is 47.0 Å². The molecule has 9 heteroatoms. The number of aromatic nitrogens is 3. The molecule has 0 unspecified atom stereocenters. The number of ether oxygens (including phenoxy) is 1. The summed E-state index contributed by atoms with van der Waals surface area (Å²) >= 11 is 6.17. The quantitative estimate of drug-likeness (QED) is 0.552. The Morgan fingerprint density at radius 3 is 2.72 bits per heavy atom. The lowest BCUT2D eigenvalue weighted by Crippen LogP contribution is -2.36. The van der Waals surface area contributed by atoms with Crippen LogP contribution in [-0.4, -0.2) is 44.2 Å². The first-order valence-electron chi connectivity index (χ1n) is 9.18. The van der Waals surface area contributed by atoms with Crippen molar-refractivity contribution >= 4 is 23.5 Å². The van der Waals surface area contributed by atoms with E-state index in [0.717, 1.165) is 12.8 Å². The zero-order valence-corrected chi connectivity index (χ0v) is 16.5. The predicted molar refractivity (Wildman–Crippen MR) is 104 cm³/mol. The highest BCUT2D eigenvalue weighted by Gasteiger charge is 2.34. The van der Waals surface area contributed by atoms with E-state index in [4.69, 9.17) is 20.8 Å². The van der Waals surface area contributed by atoms with Crippen LogP contribution in [0.5, 0.6) is 0 Å². The number of nitrogens with zero attached hydrogens (tertiary/aromatic N) is 4. The molecule has 8 nitrogen and oxygen atoms in total. The molecule has 0 radical (unpaired) electrons. The maximum Gasteiger partial charge on any atom is 0.355 e. The maximum atomic E-state index is 12.6. The summed E-state index contributed by atoms with van der Waals surface area (Å²) < 4.78 is 12.5. The first kappa shape index (κ1) is 19.2. The van der Waals surface area contributed by atoms with Gasteiger partial charge < -0.3 is 18.6 Å². The molecule has 0 saturated heterocycles. The van der Waals surface area contributed by atoms with Crippen molar-refractivity contribution in [3.05, 3.63) is 59.2 Å². The fourth-order valence-corrected chi connectivity index (χ4v) is 3.19. The molecule has 1 aromatic carbocycles. The van der Waals surface area contributed by atoms with Crippen LogP contribution in [0, 0.1) is 0 Å². The molecule has 0 atom stereocenters. The van der Waals surface area contributed by atoms with Gasteiger partial charge in [-0.25, -0.2) is 4.79 Å². The smallest absolute Gasteiger partial charge is 0.355 e. The molecule has 1 aliphatic rings. The lowest BCUT2D eigenvalue weighted by atomic mass is 10.2. The summed E-state index contributed by atoms with van der Waals surface area (Å²) in [5.41, 5.74) is 1.02. The zero-order valence-electron chi connectivity index (χ0n) is 15.7. The summed E-state index contributed by atoms with van der Waals surface area (Å²) in [6.45, 7) is -0.186. The molecule has 0 aliphatic heterocycles. The molecule has 0 bridgehead atoms. The Labute approximate surface area is 172 Å². The molecular formula is C20H19ClN4O4. The molecular weight excluding hydrogens is 396 g/mol. The van der Waals surface area contributed by atoms with E-state index in [0.29, 0.717) is 28.1 Å². The van der Waals surface area contributed by atoms with Crippen LogP contribution in [0.4, 0.5) is 0 Å². The molecule has 29 heavy (non-hydrogen) atoms. The minimum Gasteiger partial charge on any atom is -0.451 e. The summed E-state index contributed by atoms with van der Waals surface area (Å²) in [7, 11) is 1.74. The minimum atomic E-state index is -0.541. The van der Waals surface area contributed by atoms with Gasteiger partial charge in [0.1, 0.15) is 5.69 Å². The number of carbonyl (C=O) groups is 2. The SMILES string of the molecule is Cn1cccc1C(=O)OCC(=O)N(Cc1nnc(-c2ccccc2Cl)o1)C1CC1. The molecule has 0 N–H and O–H groups in total. The minimum absolute atomic E-state index is 0.0897. The first-order valence-corrected chi connectivity index (χ1v) is 9.56. The molecule has 1 fully saturated rings. The Morgan fingerprint density at radius 2 is 2.03 bits per heavy atom. The Hall–Kier alpha value is -3.13. The number of carbonyl (C=O) groups excluding carboxylic acids is 2. The highest BCUT2D eigenvalue weighted by molar-refractivity contribution is 6.33. The van der Waals surface area contributed by atoms with E-state index in [9.17, 15) is 9.59 Å². The summed E-state index contributed by atoms with van der Waals surface area (Å²) in [5.74, 6) is -0.245. The molecule has 2 heterocycles. The van der Waals surface area contributed by atoms with Crippen LogP contribution in [0.25, 0.3) is 11.5 Å². The average Bonchev–Trinajstić information content (AvgIpc) is 3.29. The van der Waals surface area contributed by atoms with Gasteiger partial charge in [-0.05, 0) is 37.1 Å². The zero-order chi connectivity index (χ0) is 20.4. The molecule has 3 aromatic rings. The number of halogens is 1. The van der Waals surface area contributed by atoms with Crippen molar-refractivity contribution in [3.8, 4) is 11.5 Å². The largest absolute Gasteiger partial charge is 0.451 e. The fourth-order valence-electron chi connectivity index (χ4n) is 2.97. The van der Waals surface area contributed by atoms with Crippen LogP contribution in [-0.2, 0) is 23.1 Å². The molecule has 2 aromatic heterocycles. The van der Waals surface area contributed by atoms with E-state index in [1.807, 2.05) is 12.1 Å². The van der Waals surface area contributed by atoms with Crippen molar-refractivity contribution in [2.75, 3.05) is 6.61 Å². The van der Waals surface area contributed by atoms with Gasteiger partial charge in [-0.3, -0.25) is 4.79 Å². The lowest BCUT2D eigenvalue weighted by molar-refractivity contribution is -0.136. The fraction of sp³-hybridized carbons (Fsp3) is 0.300. The number of benzene rings is 1. The van der Waals surface area contributed by atoms with Gasteiger partial charge in [-0.1, -0.05) is 23.7 Å². The Morgan fingerprint density at radius 1 is 1.24 bits per heavy atom. The van der Waals surface area contributed by atoms with Gasteiger partial charge in [-0.2, -0.15) is 0 Å². The number of amides is 1. The van der Waals surface area contributed by atoms with Gasteiger partial charge in [0.05, 0.1) is 17.1 Å². The first-order chi connectivity index (χ1) is 14.0. The number of esters is 1. The lowest BCUT2D eigenvalue weighted by Gasteiger charge is -2.20. The highest BCUT2D eigenvalue weighted by atomic mass is 35.5. The molecule has 150 valence electrons. The van der Waals surface area contributed by atoms with Crippen molar-refractivity contribution in [2.24, 2.45) is 7.05 Å². The Bertz CT molecular complexity index is 1040. The van der Waals surface area contributed by atoms with Gasteiger partial charge in [-0.15, -0.1) is 10.2 Å². The van der Waals surface area contributed by atoms with Gasteiger partial charge >= 0.3 is 5.97 Å². The van der Waals surface area contributed by atoms with E-state index in [1.165, 1.54) is 0 Å². The molecule has 0 spiro atoms. The van der Waals surface area contributed by atoms with E-state index < -0.39 is 5.97 Å². The summed E-state index contributed by atoms with van der Waals surface area (Å²) in [6, 6.07) is 10.6. The second-order valence-corrected chi connectivity index (χ2v) is 7.22. The average molecular weight is 415 g/mol. The topological polar surface area (TPSA) is 90.5 Å². The van der Waals surface area contributed by atoms with E-state index in [-0.39, 0.29) is 25.1 Å². The number of hydrogen-bond acceptors (Lipinski definition) is 6. The van der Waals surface area contributed by atoms with Crippen molar-refractivity contribution in [1.29, 1.82) is 0 Å². The normalized spacial score (nSPS) is 13.3. The van der Waals surface area contributed by atoms with Gasteiger partial charge in [0, 0.05) is 19.3 Å². The summed E-state index contributed by atoms with van der Waals surface area (Å²) in [6.07, 6.45) is 3.52. The van der Waals surface area contributed by atoms with Gasteiger partial charge in [0.15, 0.2) is 6.61 Å². The van der Waals surface area contributed by atoms with Crippen molar-refractivity contribution in [2.45, 2.75) is 25.4 Å². The van der Waals surface area contributed by atoms with Gasteiger partial charge in [0.2, 0.25) is 11.8 Å². The molecule has 1 amide bonds. The Kier molecular flexibility index (Phi) is 5.35. The third-order valence-corrected chi connectivity index (χ3v) is 4.99. The van der Waals surface area contributed by atoms with Crippen LogP contribution in [0.1, 0.15) is 29.2 Å². The van der Waals surface area contributed by atoms with Crippen LogP contribution < -0.4 is 0 Å². The van der Waals surface area contributed by atoms with Crippen LogP contribution in [0.2, 0.25) is 5.02 Å². The van der Waals surface area contributed by atoms with Gasteiger partial charge in [0.25, 0.3) is 5.91 Å². The van der Waals surface area contributed by atoms with Crippen molar-refractivity contribution in [1.82, 2.24) is 19.7 Å². The van der Waals surface area contributed by atoms with E-state index in [2.05, 4.69) is 10.2 Å². The number of aryl methyl sites for hydroxylation is 1. The maximum absolute atomic E-state index is 12.6. The summed E-state index contributed by atoms with van der Waals surface area (Å²) in [4.78, 5) is 26.4. The van der Waals surface area contributed by atoms with Crippen LogP contribution in [0.15, 0.2) is 47.0 Å². The monoisotopic (exact) mass is 414 g/mol. The molecule has 1 aliphatic carbocycles. The van der Waals surface area contributed by atoms with Crippen LogP contribution in [0.3, 0.4) is 0 Å². The second kappa shape index (κ2) is 8.08. The molecule has 4 rings (SSSR count). The second-order valence-electron chi connectivity index (χ2n) is 6.81. The highest BCUT2D eigenvalue weighted by Crippen LogP contribution is 2.30. The van der Waals surface area contributed by atoms with Crippen molar-refractivity contribution in [3.63, 3.8) is 0 Å². The van der Waals surface area contributed by atoms with Crippen LogP contribution >= 0.6 is 11.6 Å². The summed E-state index contributed by atoms with van der Waals surface area (Å²) in [5, 5.41) is 8.57. The van der Waals surface area contributed by atoms with E-state index >= 15 is 0 Å². The third-order valence-electron chi connectivity index (χ3n) is 4.66.